The van der Waals surface area contributed by atoms with Gasteiger partial charge in [-0.25, -0.2) is 0 Å². The van der Waals surface area contributed by atoms with E-state index in [9.17, 15) is 14.7 Å². The van der Waals surface area contributed by atoms with Crippen molar-refractivity contribution in [1.82, 2.24) is 15.0 Å². The zero-order chi connectivity index (χ0) is 49.0. The Balaban J connectivity index is 1.01. The van der Waals surface area contributed by atoms with E-state index >= 15 is 4.79 Å². The highest BCUT2D eigenvalue weighted by molar-refractivity contribution is 6.91. The summed E-state index contributed by atoms with van der Waals surface area (Å²) in [5.41, 5.74) is 7.86. The fraction of sp³-hybridized carbons (Fsp3) is 0.293. The molecule has 1 unspecified atom stereocenters. The van der Waals surface area contributed by atoms with Gasteiger partial charge in [0.25, 0.3) is 5.91 Å². The number of carbonyl (C=O) groups excluding carboxylic acids is 3. The first-order valence-corrected chi connectivity index (χ1v) is 27.8. The Morgan fingerprint density at radius 1 is 0.746 bits per heavy atom. The summed E-state index contributed by atoms with van der Waals surface area (Å²) < 4.78 is 15.1. The Morgan fingerprint density at radius 2 is 1.39 bits per heavy atom. The highest BCUT2D eigenvalue weighted by Crippen LogP contribution is 2.61. The second-order valence-electron chi connectivity index (χ2n) is 20.0. The van der Waals surface area contributed by atoms with Gasteiger partial charge in [-0.3, -0.25) is 28.9 Å². The topological polar surface area (TPSA) is 130 Å². The number of methoxy groups -OCH3 is 1. The highest BCUT2D eigenvalue weighted by Gasteiger charge is 2.66. The van der Waals surface area contributed by atoms with Crippen molar-refractivity contribution in [2.75, 3.05) is 28.4 Å². The molecule has 360 valence electrons. The van der Waals surface area contributed by atoms with Crippen LogP contribution >= 0.6 is 0 Å². The van der Waals surface area contributed by atoms with E-state index in [1.54, 1.807) is 16.9 Å². The molecule has 5 heterocycles. The quantitative estimate of drug-likeness (QED) is 0.113. The third-order valence-electron chi connectivity index (χ3n) is 15.7. The molecule has 1 N–H and O–H groups in total. The number of ether oxygens (including phenoxy) is 2. The molecule has 6 aromatic carbocycles. The molecule has 1 aromatic heterocycles. The van der Waals surface area contributed by atoms with E-state index in [4.69, 9.17) is 9.47 Å². The summed E-state index contributed by atoms with van der Waals surface area (Å²) in [6.07, 6.45) is 4.19. The molecule has 3 amide bonds. The third-order valence-corrected chi connectivity index (χ3v) is 20.1. The van der Waals surface area contributed by atoms with Crippen LogP contribution in [0, 0.1) is 5.92 Å². The molecule has 4 aliphatic heterocycles. The van der Waals surface area contributed by atoms with E-state index in [2.05, 4.69) is 54.6 Å². The van der Waals surface area contributed by atoms with Crippen molar-refractivity contribution in [2.24, 2.45) is 5.92 Å². The maximum Gasteiger partial charge on any atom is 0.264 e. The first-order valence-electron chi connectivity index (χ1n) is 24.8. The smallest absolute Gasteiger partial charge is 0.264 e. The zero-order valence-corrected chi connectivity index (χ0v) is 41.6. The number of rotatable bonds is 13. The van der Waals surface area contributed by atoms with Crippen LogP contribution in [0.1, 0.15) is 65.6 Å². The largest absolute Gasteiger partial charge is 0.497 e. The van der Waals surface area contributed by atoms with E-state index in [-0.39, 0.29) is 48.3 Å². The molecule has 4 aliphatic rings. The summed E-state index contributed by atoms with van der Waals surface area (Å²) in [5.74, 6) is 0.00486. The zero-order valence-electron chi connectivity index (χ0n) is 40.6. The van der Waals surface area contributed by atoms with Gasteiger partial charge in [-0.1, -0.05) is 121 Å². The molecule has 0 radical (unpaired) electrons. The standard InChI is InChI=1S/C58H58N6O6Si/c1-38-56(71(3,4)46-26-24-45(69-2)25-27-46)53(31-32-61-36-49(59-60-61)47(37-65)40-14-6-5-7-15-40)70-58(38)48-34-44(64-51-20-11-9-17-42(51)22-30-55(64)67)23-28-52(48)62(57(58)68)35-39-13-12-18-43(33-39)63-50-19-10-8-16-41(50)21-29-54(63)66/h5-20,23-28,33-34,36,38,47,53,56,65H,21-22,29-32,35,37H2,1-4H3/t38-,47?,53+,56-,58+/m1/s1. The second-order valence-corrected chi connectivity index (χ2v) is 24.7. The van der Waals surface area contributed by atoms with Gasteiger partial charge in [0, 0.05) is 48.4 Å². The fourth-order valence-electron chi connectivity index (χ4n) is 12.2. The summed E-state index contributed by atoms with van der Waals surface area (Å²) in [5, 5.41) is 20.8. The minimum absolute atomic E-state index is 0.00313. The minimum Gasteiger partial charge on any atom is -0.497 e. The predicted octanol–water partition coefficient (Wildman–Crippen LogP) is 9.49. The van der Waals surface area contributed by atoms with Gasteiger partial charge in [-0.05, 0) is 102 Å². The van der Waals surface area contributed by atoms with Crippen LogP contribution in [0.2, 0.25) is 18.6 Å². The number of amides is 3. The Labute approximate surface area is 415 Å². The van der Waals surface area contributed by atoms with Crippen LogP contribution in [-0.2, 0) is 50.7 Å². The van der Waals surface area contributed by atoms with Gasteiger partial charge in [0.15, 0.2) is 5.60 Å². The van der Waals surface area contributed by atoms with Crippen molar-refractivity contribution in [1.29, 1.82) is 0 Å². The summed E-state index contributed by atoms with van der Waals surface area (Å²) in [4.78, 5) is 49.2. The van der Waals surface area contributed by atoms with Crippen molar-refractivity contribution >= 4 is 59.4 Å². The maximum atomic E-state index is 16.1. The lowest BCUT2D eigenvalue weighted by Crippen LogP contribution is -2.51. The molecular weight excluding hydrogens is 905 g/mol. The van der Waals surface area contributed by atoms with Crippen LogP contribution in [0.3, 0.4) is 0 Å². The minimum atomic E-state index is -2.55. The van der Waals surface area contributed by atoms with Crippen molar-refractivity contribution in [2.45, 2.75) is 88.4 Å². The highest BCUT2D eigenvalue weighted by atomic mass is 28.3. The van der Waals surface area contributed by atoms with Gasteiger partial charge in [-0.15, -0.1) is 5.10 Å². The number of hydrogen-bond donors (Lipinski definition) is 1. The lowest BCUT2D eigenvalue weighted by Gasteiger charge is -2.37. The van der Waals surface area contributed by atoms with Crippen LogP contribution in [0.5, 0.6) is 5.75 Å². The number of fused-ring (bicyclic) bond motifs is 4. The number of aryl methyl sites for hydroxylation is 3. The summed E-state index contributed by atoms with van der Waals surface area (Å²) in [6, 6.07) is 48.2. The molecule has 12 nitrogen and oxygen atoms in total. The summed E-state index contributed by atoms with van der Waals surface area (Å²) in [7, 11) is -0.877. The van der Waals surface area contributed by atoms with Crippen molar-refractivity contribution < 1.29 is 29.0 Å². The monoisotopic (exact) mass is 962 g/mol. The number of anilines is 5. The lowest BCUT2D eigenvalue weighted by atomic mass is 9.82. The molecule has 7 aromatic rings. The van der Waals surface area contributed by atoms with Crippen LogP contribution in [0.4, 0.5) is 28.4 Å². The number of nitrogens with zero attached hydrogens (tertiary/aromatic N) is 6. The molecule has 5 atom stereocenters. The van der Waals surface area contributed by atoms with Crippen LogP contribution < -0.4 is 24.6 Å². The van der Waals surface area contributed by atoms with Gasteiger partial charge in [0.05, 0.1) is 63.1 Å². The number of hydrogen-bond acceptors (Lipinski definition) is 8. The maximum absolute atomic E-state index is 16.1. The number of para-hydroxylation sites is 2. The molecule has 0 aliphatic carbocycles. The second kappa shape index (κ2) is 18.5. The van der Waals surface area contributed by atoms with Crippen LogP contribution in [0.15, 0.2) is 152 Å². The molecule has 0 bridgehead atoms. The molecule has 0 saturated carbocycles. The van der Waals surface area contributed by atoms with E-state index in [1.807, 2.05) is 137 Å². The Bertz CT molecular complexity index is 3160. The van der Waals surface area contributed by atoms with E-state index in [0.29, 0.717) is 50.0 Å². The predicted molar refractivity (Wildman–Crippen MR) is 277 cm³/mol. The summed E-state index contributed by atoms with van der Waals surface area (Å²) in [6.45, 7) is 7.51. The number of benzene rings is 6. The number of aliphatic hydroxyl groups excluding tert-OH is 1. The van der Waals surface area contributed by atoms with E-state index < -0.39 is 19.8 Å². The van der Waals surface area contributed by atoms with Crippen molar-refractivity contribution in [3.63, 3.8) is 0 Å². The number of aromatic nitrogens is 3. The summed E-state index contributed by atoms with van der Waals surface area (Å²) >= 11 is 0. The van der Waals surface area contributed by atoms with Gasteiger partial charge in [0.1, 0.15) is 5.75 Å². The number of carbonyl (C=O) groups is 3. The van der Waals surface area contributed by atoms with Crippen LogP contribution in [0.25, 0.3) is 0 Å². The Hall–Kier alpha value is -7.19. The average molecular weight is 963 g/mol. The average Bonchev–Trinajstić information content (AvgIpc) is 4.06. The molecule has 11 rings (SSSR count). The first-order chi connectivity index (χ1) is 34.5. The van der Waals surface area contributed by atoms with Gasteiger partial charge in [-0.2, -0.15) is 0 Å². The SMILES string of the molecule is COc1ccc([Si](C)(C)[C@H]2[C@H](CCn3cc(C(CO)c4ccccc4)nn3)O[C@@]3(C(=O)N(Cc4cccc(N5C(=O)CCc6ccccc65)c4)c4ccc(N5C(=O)CCc6ccccc65)cc43)[C@@H]2C)cc1. The van der Waals surface area contributed by atoms with Gasteiger partial charge < -0.3 is 19.5 Å². The molecule has 1 fully saturated rings. The van der Waals surface area contributed by atoms with Crippen molar-refractivity contribution in [3.8, 4) is 5.75 Å². The van der Waals surface area contributed by atoms with Gasteiger partial charge in [0.2, 0.25) is 11.8 Å². The van der Waals surface area contributed by atoms with Gasteiger partial charge >= 0.3 is 0 Å². The van der Waals surface area contributed by atoms with Crippen molar-refractivity contribution in [3.05, 3.63) is 185 Å². The number of aliphatic hydroxyl groups is 1. The lowest BCUT2D eigenvalue weighted by molar-refractivity contribution is -0.146. The third kappa shape index (κ3) is 7.96. The Kier molecular flexibility index (Phi) is 12.1. The molecule has 1 saturated heterocycles. The Morgan fingerprint density at radius 3 is 2.06 bits per heavy atom. The normalized spacial score (nSPS) is 21.1. The first kappa shape index (κ1) is 46.2. The molecule has 13 heteroatoms. The molecule has 71 heavy (non-hydrogen) atoms. The van der Waals surface area contributed by atoms with E-state index in [0.717, 1.165) is 56.3 Å². The van der Waals surface area contributed by atoms with E-state index in [1.165, 1.54) is 5.19 Å². The van der Waals surface area contributed by atoms with Crippen LogP contribution in [-0.4, -0.2) is 65.7 Å². The fourth-order valence-corrected chi connectivity index (χ4v) is 16.2. The molecule has 1 spiro atoms. The molecular formula is C58H58N6O6Si.